The predicted octanol–water partition coefficient (Wildman–Crippen LogP) is 5.16. The van der Waals surface area contributed by atoms with E-state index in [1.807, 2.05) is 18.2 Å². The lowest BCUT2D eigenvalue weighted by molar-refractivity contribution is 0.447. The Morgan fingerprint density at radius 2 is 1.74 bits per heavy atom. The highest BCUT2D eigenvalue weighted by Crippen LogP contribution is 2.30. The largest absolute Gasteiger partial charge is 0.354 e. The van der Waals surface area contributed by atoms with E-state index in [-0.39, 0.29) is 12.4 Å². The highest BCUT2D eigenvalue weighted by Gasteiger charge is 2.17. The van der Waals surface area contributed by atoms with Gasteiger partial charge in [0.25, 0.3) is 0 Å². The fraction of sp³-hybridized carbons (Fsp3) is 0.208. The summed E-state index contributed by atoms with van der Waals surface area (Å²) in [4.78, 5) is 13.4. The molecule has 0 bridgehead atoms. The number of hydrogen-bond donors (Lipinski definition) is 1. The highest BCUT2D eigenvalue weighted by atomic mass is 19.1. The number of nitrogens with one attached hydrogen (secondary N) is 1. The van der Waals surface area contributed by atoms with Crippen LogP contribution in [0.3, 0.4) is 0 Å². The number of imidazole rings is 1. The minimum atomic E-state index is -0.526. The van der Waals surface area contributed by atoms with Crippen molar-refractivity contribution in [3.8, 4) is 22.6 Å². The van der Waals surface area contributed by atoms with Gasteiger partial charge >= 0.3 is 0 Å². The predicted molar refractivity (Wildman–Crippen MR) is 118 cm³/mol. The molecule has 0 amide bonds. The van der Waals surface area contributed by atoms with E-state index in [1.165, 1.54) is 17.7 Å². The molecule has 0 saturated heterocycles. The summed E-state index contributed by atoms with van der Waals surface area (Å²) in [6, 6.07) is 18.2. The molecule has 31 heavy (non-hydrogen) atoms. The summed E-state index contributed by atoms with van der Waals surface area (Å²) in [7, 11) is 0. The zero-order chi connectivity index (χ0) is 21.5. The average molecular weight is 419 g/mol. The van der Waals surface area contributed by atoms with Crippen LogP contribution >= 0.6 is 0 Å². The van der Waals surface area contributed by atoms with Gasteiger partial charge in [-0.3, -0.25) is 0 Å². The lowest BCUT2D eigenvalue weighted by Crippen LogP contribution is -2.08. The molecule has 7 heteroatoms. The first-order valence-electron chi connectivity index (χ1n) is 10.2. The SMILES string of the molecule is FCCn1cnc(-c2ccc(F)cc2)c1-c1ccnc(NCCCc2ccccc2)n1. The summed E-state index contributed by atoms with van der Waals surface area (Å²) in [6.07, 6.45) is 5.16. The number of aromatic nitrogens is 4. The fourth-order valence-electron chi connectivity index (χ4n) is 3.44. The van der Waals surface area contributed by atoms with Gasteiger partial charge in [-0.15, -0.1) is 0 Å². The van der Waals surface area contributed by atoms with Crippen molar-refractivity contribution in [3.05, 3.63) is 84.6 Å². The van der Waals surface area contributed by atoms with Crippen LogP contribution in [0.25, 0.3) is 22.6 Å². The molecule has 0 fully saturated rings. The minimum absolute atomic E-state index is 0.160. The molecule has 0 aliphatic carbocycles. The number of nitrogens with zero attached hydrogens (tertiary/aromatic N) is 4. The van der Waals surface area contributed by atoms with E-state index in [1.54, 1.807) is 35.3 Å². The molecule has 0 radical (unpaired) electrons. The summed E-state index contributed by atoms with van der Waals surface area (Å²) >= 11 is 0. The molecule has 0 unspecified atom stereocenters. The Balaban J connectivity index is 1.53. The third-order valence-electron chi connectivity index (χ3n) is 4.95. The molecule has 0 atom stereocenters. The van der Waals surface area contributed by atoms with Crippen LogP contribution in [-0.4, -0.2) is 32.7 Å². The van der Waals surface area contributed by atoms with E-state index in [4.69, 9.17) is 0 Å². The van der Waals surface area contributed by atoms with Crippen LogP contribution in [0.4, 0.5) is 14.7 Å². The molecule has 5 nitrogen and oxygen atoms in total. The van der Waals surface area contributed by atoms with Gasteiger partial charge in [-0.05, 0) is 48.7 Å². The summed E-state index contributed by atoms with van der Waals surface area (Å²) in [5, 5.41) is 3.26. The second-order valence-electron chi connectivity index (χ2n) is 7.11. The third-order valence-corrected chi connectivity index (χ3v) is 4.95. The molecule has 2 heterocycles. The van der Waals surface area contributed by atoms with Crippen LogP contribution in [0.1, 0.15) is 12.0 Å². The van der Waals surface area contributed by atoms with Crippen molar-refractivity contribution in [2.24, 2.45) is 0 Å². The summed E-state index contributed by atoms with van der Waals surface area (Å²) in [6.45, 7) is 0.363. The molecule has 0 aliphatic rings. The number of rotatable bonds is 9. The number of aryl methyl sites for hydroxylation is 2. The van der Waals surface area contributed by atoms with E-state index in [0.29, 0.717) is 23.0 Å². The molecule has 4 aromatic rings. The van der Waals surface area contributed by atoms with Gasteiger partial charge in [-0.2, -0.15) is 0 Å². The quantitative estimate of drug-likeness (QED) is 0.381. The molecule has 0 aliphatic heterocycles. The number of alkyl halides is 1. The standard InChI is InChI=1S/C24H23F2N5/c25-13-16-31-17-29-22(19-8-10-20(26)11-9-19)23(31)21-12-15-28-24(30-21)27-14-4-7-18-5-2-1-3-6-18/h1-3,5-6,8-12,15,17H,4,7,13-14,16H2,(H,27,28,30). The van der Waals surface area contributed by atoms with Gasteiger partial charge in [0.15, 0.2) is 0 Å². The summed E-state index contributed by atoms with van der Waals surface area (Å²) < 4.78 is 28.2. The molecular weight excluding hydrogens is 396 g/mol. The van der Waals surface area contributed by atoms with E-state index < -0.39 is 6.67 Å². The molecule has 2 aromatic heterocycles. The fourth-order valence-corrected chi connectivity index (χ4v) is 3.44. The Kier molecular flexibility index (Phi) is 6.62. The number of anilines is 1. The minimum Gasteiger partial charge on any atom is -0.354 e. The maximum atomic E-state index is 13.4. The van der Waals surface area contributed by atoms with Crippen molar-refractivity contribution in [1.29, 1.82) is 0 Å². The summed E-state index contributed by atoms with van der Waals surface area (Å²) in [5.41, 5.74) is 3.97. The van der Waals surface area contributed by atoms with Crippen LogP contribution in [0.2, 0.25) is 0 Å². The van der Waals surface area contributed by atoms with Gasteiger partial charge in [-0.25, -0.2) is 23.7 Å². The lowest BCUT2D eigenvalue weighted by atomic mass is 10.1. The zero-order valence-electron chi connectivity index (χ0n) is 17.0. The van der Waals surface area contributed by atoms with Gasteiger partial charge in [0.1, 0.15) is 12.5 Å². The molecule has 0 spiro atoms. The zero-order valence-corrected chi connectivity index (χ0v) is 17.0. The number of halogens is 2. The molecule has 158 valence electrons. The van der Waals surface area contributed by atoms with Gasteiger partial charge in [-0.1, -0.05) is 30.3 Å². The molecule has 4 rings (SSSR count). The highest BCUT2D eigenvalue weighted by molar-refractivity contribution is 5.77. The lowest BCUT2D eigenvalue weighted by Gasteiger charge is -2.10. The monoisotopic (exact) mass is 419 g/mol. The summed E-state index contributed by atoms with van der Waals surface area (Å²) in [5.74, 6) is 0.182. The van der Waals surface area contributed by atoms with Gasteiger partial charge in [0, 0.05) is 18.3 Å². The van der Waals surface area contributed by atoms with Crippen molar-refractivity contribution in [2.45, 2.75) is 19.4 Å². The smallest absolute Gasteiger partial charge is 0.223 e. The Bertz CT molecular complexity index is 1110. The van der Waals surface area contributed by atoms with Crippen LogP contribution < -0.4 is 5.32 Å². The molecule has 2 aromatic carbocycles. The topological polar surface area (TPSA) is 55.6 Å². The normalized spacial score (nSPS) is 10.9. The Morgan fingerprint density at radius 1 is 0.935 bits per heavy atom. The first-order chi connectivity index (χ1) is 15.2. The second kappa shape index (κ2) is 9.93. The number of benzene rings is 2. The first kappa shape index (κ1) is 20.7. The van der Waals surface area contributed by atoms with Crippen molar-refractivity contribution in [2.75, 3.05) is 18.5 Å². The van der Waals surface area contributed by atoms with Crippen LogP contribution in [-0.2, 0) is 13.0 Å². The molecule has 1 N–H and O–H groups in total. The van der Waals surface area contributed by atoms with Crippen molar-refractivity contribution >= 4 is 5.95 Å². The van der Waals surface area contributed by atoms with Crippen molar-refractivity contribution < 1.29 is 8.78 Å². The van der Waals surface area contributed by atoms with Gasteiger partial charge in [0.05, 0.1) is 30.0 Å². The van der Waals surface area contributed by atoms with E-state index in [0.717, 1.165) is 24.9 Å². The van der Waals surface area contributed by atoms with Crippen molar-refractivity contribution in [3.63, 3.8) is 0 Å². The van der Waals surface area contributed by atoms with E-state index in [9.17, 15) is 8.78 Å². The second-order valence-corrected chi connectivity index (χ2v) is 7.11. The van der Waals surface area contributed by atoms with E-state index in [2.05, 4.69) is 32.4 Å². The van der Waals surface area contributed by atoms with Crippen LogP contribution in [0.15, 0.2) is 73.2 Å². The maximum Gasteiger partial charge on any atom is 0.223 e. The Morgan fingerprint density at radius 3 is 2.52 bits per heavy atom. The Labute approximate surface area is 179 Å². The van der Waals surface area contributed by atoms with Gasteiger partial charge in [0.2, 0.25) is 5.95 Å². The third kappa shape index (κ3) is 5.12. The van der Waals surface area contributed by atoms with Crippen LogP contribution in [0.5, 0.6) is 0 Å². The average Bonchev–Trinajstić information content (AvgIpc) is 3.22. The van der Waals surface area contributed by atoms with Crippen LogP contribution in [0, 0.1) is 5.82 Å². The number of hydrogen-bond acceptors (Lipinski definition) is 4. The van der Waals surface area contributed by atoms with E-state index >= 15 is 0 Å². The molecular formula is C24H23F2N5. The van der Waals surface area contributed by atoms with Crippen molar-refractivity contribution in [1.82, 2.24) is 19.5 Å². The van der Waals surface area contributed by atoms with Gasteiger partial charge < -0.3 is 9.88 Å². The molecule has 0 saturated carbocycles. The maximum absolute atomic E-state index is 13.4. The first-order valence-corrected chi connectivity index (χ1v) is 10.2. The Hall–Kier alpha value is -3.61.